The highest BCUT2D eigenvalue weighted by molar-refractivity contribution is 9.10. The number of rotatable bonds is 5. The molecule has 0 bridgehead atoms. The molecule has 2 N–H and O–H groups in total. The molecule has 2 amide bonds. The number of amides is 2. The molecule has 11 heteroatoms. The molecule has 5 nitrogen and oxygen atoms in total. The fourth-order valence-corrected chi connectivity index (χ4v) is 3.68. The number of hydrogen-bond acceptors (Lipinski definition) is 4. The van der Waals surface area contributed by atoms with Gasteiger partial charge in [0, 0.05) is 4.47 Å². The quantitative estimate of drug-likeness (QED) is 0.305. The van der Waals surface area contributed by atoms with E-state index >= 15 is 0 Å². The van der Waals surface area contributed by atoms with Crippen molar-refractivity contribution in [1.29, 1.82) is 0 Å². The molecular weight excluding hydrogens is 519 g/mol. The fourth-order valence-electron chi connectivity index (χ4n) is 2.47. The molecule has 1 heterocycles. The molecule has 0 spiro atoms. The summed E-state index contributed by atoms with van der Waals surface area (Å²) in [5, 5.41) is 7.68. The number of hydrazone groups is 1. The third kappa shape index (κ3) is 5.93. The van der Waals surface area contributed by atoms with Gasteiger partial charge in [0.1, 0.15) is 0 Å². The van der Waals surface area contributed by atoms with Crippen LogP contribution in [0, 0.1) is 0 Å². The van der Waals surface area contributed by atoms with Gasteiger partial charge in [-0.15, -0.1) is 11.3 Å². The molecule has 2 aromatic carbocycles. The number of carbonyl (C=O) groups is 2. The van der Waals surface area contributed by atoms with Crippen LogP contribution in [0.5, 0.6) is 0 Å². The third-order valence-corrected chi connectivity index (χ3v) is 5.59. The predicted molar refractivity (Wildman–Crippen MR) is 118 cm³/mol. The maximum atomic E-state index is 13.0. The van der Waals surface area contributed by atoms with Gasteiger partial charge in [-0.2, -0.15) is 18.3 Å². The largest absolute Gasteiger partial charge is 0.417 e. The summed E-state index contributed by atoms with van der Waals surface area (Å²) in [4.78, 5) is 25.3. The van der Waals surface area contributed by atoms with E-state index in [0.29, 0.717) is 9.35 Å². The van der Waals surface area contributed by atoms with Crippen LogP contribution in [0.15, 0.2) is 63.5 Å². The van der Waals surface area contributed by atoms with Gasteiger partial charge in [-0.1, -0.05) is 39.7 Å². The normalized spacial score (nSPS) is 11.5. The predicted octanol–water partition coefficient (Wildman–Crippen LogP) is 6.20. The number of thiophene rings is 1. The van der Waals surface area contributed by atoms with Gasteiger partial charge in [-0.3, -0.25) is 9.59 Å². The van der Waals surface area contributed by atoms with E-state index in [1.807, 2.05) is 0 Å². The van der Waals surface area contributed by atoms with Crippen molar-refractivity contribution in [3.63, 3.8) is 0 Å². The van der Waals surface area contributed by atoms with Crippen molar-refractivity contribution in [3.05, 3.63) is 85.0 Å². The number of alkyl halides is 3. The first-order chi connectivity index (χ1) is 14.6. The second-order valence-electron chi connectivity index (χ2n) is 6.06. The van der Waals surface area contributed by atoms with Gasteiger partial charge in [0.2, 0.25) is 0 Å². The van der Waals surface area contributed by atoms with Crippen molar-refractivity contribution in [2.45, 2.75) is 6.18 Å². The van der Waals surface area contributed by atoms with E-state index in [1.54, 1.807) is 29.6 Å². The smallest absolute Gasteiger partial charge is 0.321 e. The topological polar surface area (TPSA) is 70.6 Å². The molecule has 0 unspecified atom stereocenters. The zero-order valence-electron chi connectivity index (χ0n) is 15.3. The zero-order valence-corrected chi connectivity index (χ0v) is 18.5. The number of hydrogen-bond donors (Lipinski definition) is 2. The Morgan fingerprint density at radius 2 is 1.87 bits per heavy atom. The summed E-state index contributed by atoms with van der Waals surface area (Å²) in [5.74, 6) is -1.04. The van der Waals surface area contributed by atoms with Crippen molar-refractivity contribution in [2.24, 2.45) is 5.10 Å². The second-order valence-corrected chi connectivity index (χ2v) is 8.33. The molecule has 0 saturated carbocycles. The number of carbonyl (C=O) groups excluding carboxylic acids is 2. The lowest BCUT2D eigenvalue weighted by atomic mass is 10.1. The van der Waals surface area contributed by atoms with Gasteiger partial charge in [-0.05, 0) is 47.3 Å². The van der Waals surface area contributed by atoms with E-state index < -0.39 is 22.7 Å². The molecule has 1 aromatic heterocycles. The van der Waals surface area contributed by atoms with Crippen molar-refractivity contribution in [3.8, 4) is 0 Å². The van der Waals surface area contributed by atoms with Gasteiger partial charge in [0.05, 0.1) is 32.9 Å². The SMILES string of the molecule is O=C(Nc1ccc(Br)cc1C(=O)NN=Cc1ccc(Cl)c(C(F)(F)F)c1)c1cccs1. The third-order valence-electron chi connectivity index (χ3n) is 3.89. The fraction of sp³-hybridized carbons (Fsp3) is 0.0500. The van der Waals surface area contributed by atoms with Crippen molar-refractivity contribution in [1.82, 2.24) is 5.43 Å². The average Bonchev–Trinajstić information content (AvgIpc) is 3.24. The highest BCUT2D eigenvalue weighted by Crippen LogP contribution is 2.34. The first-order valence-electron chi connectivity index (χ1n) is 8.49. The Kier molecular flexibility index (Phi) is 7.14. The van der Waals surface area contributed by atoms with Crippen LogP contribution in [0.2, 0.25) is 5.02 Å². The summed E-state index contributed by atoms with van der Waals surface area (Å²) < 4.78 is 39.4. The standard InChI is InChI=1S/C20H12BrClF3N3O2S/c21-12-4-6-16(27-19(30)17-2-1-7-31-17)13(9-12)18(29)28-26-10-11-3-5-15(22)14(8-11)20(23,24)25/h1-10H,(H,27,30)(H,28,29). The van der Waals surface area contributed by atoms with Gasteiger partial charge in [0.25, 0.3) is 11.8 Å². The van der Waals surface area contributed by atoms with Crippen LogP contribution in [-0.2, 0) is 6.18 Å². The molecular formula is C20H12BrClF3N3O2S. The number of halogens is 5. The van der Waals surface area contributed by atoms with E-state index in [-0.39, 0.29) is 22.7 Å². The average molecular weight is 531 g/mol. The second kappa shape index (κ2) is 9.63. The highest BCUT2D eigenvalue weighted by atomic mass is 79.9. The molecule has 0 aliphatic rings. The first kappa shape index (κ1) is 23.0. The lowest BCUT2D eigenvalue weighted by Gasteiger charge is -2.10. The van der Waals surface area contributed by atoms with E-state index in [2.05, 4.69) is 31.8 Å². The van der Waals surface area contributed by atoms with E-state index in [4.69, 9.17) is 11.6 Å². The Morgan fingerprint density at radius 3 is 2.55 bits per heavy atom. The molecule has 31 heavy (non-hydrogen) atoms. The molecule has 0 aliphatic carbocycles. The molecule has 0 radical (unpaired) electrons. The highest BCUT2D eigenvalue weighted by Gasteiger charge is 2.33. The number of nitrogens with one attached hydrogen (secondary N) is 2. The first-order valence-corrected chi connectivity index (χ1v) is 10.5. The lowest BCUT2D eigenvalue weighted by molar-refractivity contribution is -0.137. The van der Waals surface area contributed by atoms with E-state index in [1.165, 1.54) is 23.5 Å². The van der Waals surface area contributed by atoms with E-state index in [9.17, 15) is 22.8 Å². The van der Waals surface area contributed by atoms with Crippen LogP contribution in [0.4, 0.5) is 18.9 Å². The number of benzene rings is 2. The Morgan fingerprint density at radius 1 is 1.10 bits per heavy atom. The summed E-state index contributed by atoms with van der Waals surface area (Å²) >= 11 is 10.1. The van der Waals surface area contributed by atoms with Gasteiger partial charge in [-0.25, -0.2) is 5.43 Å². The molecule has 3 aromatic rings. The summed E-state index contributed by atoms with van der Waals surface area (Å²) in [6.07, 6.45) is -3.55. The van der Waals surface area contributed by atoms with Gasteiger partial charge >= 0.3 is 6.18 Å². The molecule has 0 aliphatic heterocycles. The monoisotopic (exact) mass is 529 g/mol. The van der Waals surface area contributed by atoms with Crippen LogP contribution in [-0.4, -0.2) is 18.0 Å². The number of anilines is 1. The zero-order chi connectivity index (χ0) is 22.6. The van der Waals surface area contributed by atoms with Crippen molar-refractivity contribution < 1.29 is 22.8 Å². The van der Waals surface area contributed by atoms with Crippen molar-refractivity contribution >= 4 is 62.6 Å². The van der Waals surface area contributed by atoms with Gasteiger partial charge in [0.15, 0.2) is 0 Å². The minimum atomic E-state index is -4.61. The summed E-state index contributed by atoms with van der Waals surface area (Å²) in [5.41, 5.74) is 1.70. The van der Waals surface area contributed by atoms with E-state index in [0.717, 1.165) is 18.3 Å². The molecule has 0 saturated heterocycles. The van der Waals surface area contributed by atoms with Gasteiger partial charge < -0.3 is 5.32 Å². The summed E-state index contributed by atoms with van der Waals surface area (Å²) in [6, 6.07) is 11.3. The summed E-state index contributed by atoms with van der Waals surface area (Å²) in [7, 11) is 0. The van der Waals surface area contributed by atoms with Crippen LogP contribution in [0.25, 0.3) is 0 Å². The Hall–Kier alpha value is -2.69. The minimum Gasteiger partial charge on any atom is -0.321 e. The molecule has 160 valence electrons. The van der Waals surface area contributed by atoms with Crippen LogP contribution < -0.4 is 10.7 Å². The van der Waals surface area contributed by atoms with Crippen LogP contribution >= 0.6 is 38.9 Å². The number of nitrogens with zero attached hydrogens (tertiary/aromatic N) is 1. The summed E-state index contributed by atoms with van der Waals surface area (Å²) in [6.45, 7) is 0. The van der Waals surface area contributed by atoms with Crippen LogP contribution in [0.3, 0.4) is 0 Å². The van der Waals surface area contributed by atoms with Crippen molar-refractivity contribution in [2.75, 3.05) is 5.32 Å². The Bertz CT molecular complexity index is 1150. The Labute approximate surface area is 192 Å². The minimum absolute atomic E-state index is 0.0949. The Balaban J connectivity index is 1.76. The van der Waals surface area contributed by atoms with Crippen LogP contribution in [0.1, 0.15) is 31.2 Å². The molecule has 3 rings (SSSR count). The maximum absolute atomic E-state index is 13.0. The maximum Gasteiger partial charge on any atom is 0.417 e. The molecule has 0 atom stereocenters. The lowest BCUT2D eigenvalue weighted by Crippen LogP contribution is -2.21. The molecule has 0 fully saturated rings.